The molecule has 2 aromatic carbocycles. The molecular weight excluding hydrogens is 472 g/mol. The Hall–Kier alpha value is -1.78. The highest BCUT2D eigenvalue weighted by Crippen LogP contribution is 2.67. The van der Waals surface area contributed by atoms with Crippen LogP contribution in [0.4, 0.5) is 0 Å². The van der Waals surface area contributed by atoms with Gasteiger partial charge in [-0.05, 0) is 136 Å². The van der Waals surface area contributed by atoms with Crippen LogP contribution in [0.1, 0.15) is 88.2 Å². The van der Waals surface area contributed by atoms with Gasteiger partial charge >= 0.3 is 0 Å². The van der Waals surface area contributed by atoms with Crippen LogP contribution in [0.2, 0.25) is 0 Å². The predicted molar refractivity (Wildman–Crippen MR) is 149 cm³/mol. The Balaban J connectivity index is 1.39. The lowest BCUT2D eigenvalue weighted by Gasteiger charge is -2.61. The minimum Gasteiger partial charge on any atom is -0.491 e. The molecule has 0 saturated heterocycles. The highest BCUT2D eigenvalue weighted by atomic mass is 16.5. The molecule has 10 rings (SSSR count). The van der Waals surface area contributed by atoms with Crippen molar-refractivity contribution in [2.24, 2.45) is 35.5 Å². The minimum absolute atomic E-state index is 0.0114. The molecule has 2 aromatic rings. The van der Waals surface area contributed by atoms with E-state index < -0.39 is 0 Å². The van der Waals surface area contributed by atoms with Gasteiger partial charge in [-0.2, -0.15) is 0 Å². The molecule has 0 aromatic heterocycles. The standard InChI is InChI=1S/C34H44O4/c35-4-6-37-30-3-1-2-27-28(30)14-29(33-15-21-8-22(16-33)10-23(9-21)17-33)31(32(27)38-7-5-36)34-18-24-11-25(19-34)13-26(12-24)20-34/h1-3,14,21-26,35-36H,4-13,15-20H2. The van der Waals surface area contributed by atoms with Gasteiger partial charge < -0.3 is 19.7 Å². The van der Waals surface area contributed by atoms with Crippen LogP contribution in [0.25, 0.3) is 10.8 Å². The first-order valence-electron chi connectivity index (χ1n) is 15.7. The first-order chi connectivity index (χ1) is 18.6. The molecule has 0 aliphatic heterocycles. The molecule has 2 N–H and O–H groups in total. The second-order valence-corrected chi connectivity index (χ2v) is 14.5. The van der Waals surface area contributed by atoms with E-state index in [1.807, 2.05) is 0 Å². The van der Waals surface area contributed by atoms with Gasteiger partial charge in [0.05, 0.1) is 13.2 Å². The van der Waals surface area contributed by atoms with Crippen LogP contribution < -0.4 is 9.47 Å². The lowest BCUT2D eigenvalue weighted by Crippen LogP contribution is -2.52. The summed E-state index contributed by atoms with van der Waals surface area (Å²) >= 11 is 0. The van der Waals surface area contributed by atoms with Crippen molar-refractivity contribution in [3.63, 3.8) is 0 Å². The van der Waals surface area contributed by atoms with Gasteiger partial charge in [0.1, 0.15) is 24.7 Å². The molecule has 0 heterocycles. The molecular formula is C34H44O4. The van der Waals surface area contributed by atoms with E-state index >= 15 is 0 Å². The summed E-state index contributed by atoms with van der Waals surface area (Å²) in [6, 6.07) is 8.90. The molecule has 8 fully saturated rings. The van der Waals surface area contributed by atoms with Gasteiger partial charge in [0.2, 0.25) is 0 Å². The number of hydrogen-bond donors (Lipinski definition) is 2. The number of aliphatic hydroxyl groups is 2. The summed E-state index contributed by atoms with van der Waals surface area (Å²) in [7, 11) is 0. The lowest BCUT2D eigenvalue weighted by molar-refractivity contribution is -0.0183. The molecule has 0 atom stereocenters. The third-order valence-corrected chi connectivity index (χ3v) is 12.0. The van der Waals surface area contributed by atoms with Crippen LogP contribution in [0.5, 0.6) is 11.5 Å². The second kappa shape index (κ2) is 8.86. The maximum Gasteiger partial charge on any atom is 0.131 e. The van der Waals surface area contributed by atoms with Crippen molar-refractivity contribution in [3.05, 3.63) is 35.4 Å². The van der Waals surface area contributed by atoms with E-state index in [1.54, 1.807) is 11.1 Å². The van der Waals surface area contributed by atoms with E-state index in [-0.39, 0.29) is 24.0 Å². The van der Waals surface area contributed by atoms with E-state index in [1.165, 1.54) is 77.0 Å². The van der Waals surface area contributed by atoms with Crippen LogP contribution in [0.3, 0.4) is 0 Å². The molecule has 8 bridgehead atoms. The predicted octanol–water partition coefficient (Wildman–Crippen LogP) is 6.52. The van der Waals surface area contributed by atoms with Crippen molar-refractivity contribution in [1.82, 2.24) is 0 Å². The van der Waals surface area contributed by atoms with Gasteiger partial charge in [-0.3, -0.25) is 0 Å². The molecule has 8 saturated carbocycles. The monoisotopic (exact) mass is 516 g/mol. The molecule has 8 aliphatic rings. The van der Waals surface area contributed by atoms with Gasteiger partial charge in [-0.15, -0.1) is 0 Å². The summed E-state index contributed by atoms with van der Waals surface area (Å²) in [5.41, 5.74) is 3.62. The van der Waals surface area contributed by atoms with Crippen molar-refractivity contribution < 1.29 is 19.7 Å². The van der Waals surface area contributed by atoms with Crippen molar-refractivity contribution in [3.8, 4) is 11.5 Å². The van der Waals surface area contributed by atoms with Gasteiger partial charge in [0, 0.05) is 21.8 Å². The summed E-state index contributed by atoms with van der Waals surface area (Å²) in [5.74, 6) is 7.15. The Morgan fingerprint density at radius 3 is 1.66 bits per heavy atom. The molecule has 38 heavy (non-hydrogen) atoms. The van der Waals surface area contributed by atoms with Crippen LogP contribution in [0, 0.1) is 35.5 Å². The quantitative estimate of drug-likeness (QED) is 0.420. The van der Waals surface area contributed by atoms with Crippen molar-refractivity contribution in [2.45, 2.75) is 87.9 Å². The van der Waals surface area contributed by atoms with Gasteiger partial charge in [0.15, 0.2) is 0 Å². The van der Waals surface area contributed by atoms with Crippen LogP contribution in [-0.4, -0.2) is 36.6 Å². The molecule has 204 valence electrons. The summed E-state index contributed by atoms with van der Waals surface area (Å²) in [4.78, 5) is 0. The topological polar surface area (TPSA) is 58.9 Å². The molecule has 0 spiro atoms. The highest BCUT2D eigenvalue weighted by Gasteiger charge is 2.57. The summed E-state index contributed by atoms with van der Waals surface area (Å²) in [6.45, 7) is 0.678. The van der Waals surface area contributed by atoms with Crippen molar-refractivity contribution >= 4 is 10.8 Å². The van der Waals surface area contributed by atoms with Crippen molar-refractivity contribution in [2.75, 3.05) is 26.4 Å². The maximum absolute atomic E-state index is 9.92. The summed E-state index contributed by atoms with van der Waals surface area (Å²) < 4.78 is 12.8. The zero-order chi connectivity index (χ0) is 25.5. The number of benzene rings is 2. The Morgan fingerprint density at radius 1 is 0.632 bits per heavy atom. The fraction of sp³-hybridized carbons (Fsp3) is 0.706. The Morgan fingerprint density at radius 2 is 1.13 bits per heavy atom. The summed E-state index contributed by atoms with van der Waals surface area (Å²) in [6.07, 6.45) is 16.6. The number of ether oxygens (including phenoxy) is 2. The minimum atomic E-state index is 0.0114. The highest BCUT2D eigenvalue weighted by molar-refractivity contribution is 5.96. The van der Waals surface area contributed by atoms with E-state index in [4.69, 9.17) is 9.47 Å². The molecule has 8 aliphatic carbocycles. The van der Waals surface area contributed by atoms with Gasteiger partial charge in [0.25, 0.3) is 0 Å². The number of hydrogen-bond acceptors (Lipinski definition) is 4. The Bertz CT molecular complexity index is 1160. The average molecular weight is 517 g/mol. The Labute approximate surface area is 227 Å². The molecule has 0 amide bonds. The van der Waals surface area contributed by atoms with Crippen LogP contribution in [0.15, 0.2) is 24.3 Å². The molecule has 4 heteroatoms. The maximum atomic E-state index is 9.92. The fourth-order valence-electron chi connectivity index (χ4n) is 11.7. The molecule has 4 nitrogen and oxygen atoms in total. The average Bonchev–Trinajstić information content (AvgIpc) is 2.88. The lowest BCUT2D eigenvalue weighted by atomic mass is 9.44. The molecule has 0 radical (unpaired) electrons. The smallest absolute Gasteiger partial charge is 0.131 e. The van der Waals surface area contributed by atoms with Gasteiger partial charge in [-0.25, -0.2) is 0 Å². The van der Waals surface area contributed by atoms with E-state index in [2.05, 4.69) is 24.3 Å². The zero-order valence-electron chi connectivity index (χ0n) is 22.8. The van der Waals surface area contributed by atoms with E-state index in [0.717, 1.165) is 57.8 Å². The van der Waals surface area contributed by atoms with Crippen LogP contribution >= 0.6 is 0 Å². The fourth-order valence-corrected chi connectivity index (χ4v) is 11.7. The first kappa shape index (κ1) is 24.1. The zero-order valence-corrected chi connectivity index (χ0v) is 22.8. The number of rotatable bonds is 8. The van der Waals surface area contributed by atoms with Gasteiger partial charge in [-0.1, -0.05) is 12.1 Å². The SMILES string of the molecule is OCCOc1cccc2c(OCCO)c(C34CC5CC(CC(C5)C3)C4)c(C34CC5CC(CC(C5)C3)C4)cc12. The van der Waals surface area contributed by atoms with Crippen molar-refractivity contribution in [1.29, 1.82) is 0 Å². The summed E-state index contributed by atoms with van der Waals surface area (Å²) in [5, 5.41) is 21.7. The largest absolute Gasteiger partial charge is 0.491 e. The van der Waals surface area contributed by atoms with Crippen LogP contribution in [-0.2, 0) is 10.8 Å². The normalized spacial score (nSPS) is 40.3. The number of fused-ring (bicyclic) bond motifs is 1. The Kier molecular flexibility index (Phi) is 5.61. The molecule has 0 unspecified atom stereocenters. The van der Waals surface area contributed by atoms with E-state index in [0.29, 0.717) is 13.2 Å². The van der Waals surface area contributed by atoms with E-state index in [9.17, 15) is 10.2 Å². The third kappa shape index (κ3) is 3.61. The first-order valence-corrected chi connectivity index (χ1v) is 15.7. The second-order valence-electron chi connectivity index (χ2n) is 14.5. The third-order valence-electron chi connectivity index (χ3n) is 12.0. The number of aliphatic hydroxyl groups excluding tert-OH is 2.